The van der Waals surface area contributed by atoms with Crippen LogP contribution in [-0.4, -0.2) is 12.5 Å². The van der Waals surface area contributed by atoms with E-state index in [1.807, 2.05) is 62.4 Å². The van der Waals surface area contributed by atoms with E-state index in [0.717, 1.165) is 16.7 Å². The van der Waals surface area contributed by atoms with Crippen molar-refractivity contribution in [1.82, 2.24) is 0 Å². The molecule has 0 radical (unpaired) electrons. The number of rotatable bonds is 6. The number of anilines is 1. The number of para-hydroxylation sites is 2. The van der Waals surface area contributed by atoms with Gasteiger partial charge in [0.25, 0.3) is 0 Å². The summed E-state index contributed by atoms with van der Waals surface area (Å²) in [4.78, 5) is 12.2. The maximum absolute atomic E-state index is 12.2. The maximum atomic E-state index is 12.2. The van der Waals surface area contributed by atoms with E-state index in [1.165, 1.54) is 0 Å². The lowest BCUT2D eigenvalue weighted by atomic mass is 10.1. The molecule has 0 aliphatic rings. The Balaban J connectivity index is 2.05. The van der Waals surface area contributed by atoms with E-state index < -0.39 is 0 Å². The molecule has 0 fully saturated rings. The third kappa shape index (κ3) is 4.48. The Labute approximate surface area is 131 Å². The topological polar surface area (TPSA) is 38.3 Å². The molecule has 3 nitrogen and oxygen atoms in total. The number of amides is 1. The van der Waals surface area contributed by atoms with Crippen LogP contribution >= 0.6 is 0 Å². The average Bonchev–Trinajstić information content (AvgIpc) is 2.48. The van der Waals surface area contributed by atoms with Gasteiger partial charge in [-0.15, -0.1) is 0 Å². The Morgan fingerprint density at radius 2 is 1.82 bits per heavy atom. The van der Waals surface area contributed by atoms with Crippen molar-refractivity contribution in [3.8, 4) is 5.75 Å². The molecule has 0 saturated heterocycles. The summed E-state index contributed by atoms with van der Waals surface area (Å²) in [5.41, 5.74) is 3.76. The van der Waals surface area contributed by atoms with Crippen LogP contribution in [0, 0.1) is 6.92 Å². The first kappa shape index (κ1) is 15.8. The number of aryl methyl sites for hydroxylation is 1. The van der Waals surface area contributed by atoms with Gasteiger partial charge in [0, 0.05) is 0 Å². The minimum Gasteiger partial charge on any atom is -0.487 e. The van der Waals surface area contributed by atoms with Crippen LogP contribution in [-0.2, 0) is 11.2 Å². The summed E-state index contributed by atoms with van der Waals surface area (Å²) in [6, 6.07) is 15.3. The summed E-state index contributed by atoms with van der Waals surface area (Å²) in [7, 11) is 0. The van der Waals surface area contributed by atoms with Crippen LogP contribution in [0.2, 0.25) is 0 Å². The van der Waals surface area contributed by atoms with Crippen LogP contribution < -0.4 is 10.1 Å². The molecule has 2 rings (SSSR count). The van der Waals surface area contributed by atoms with E-state index >= 15 is 0 Å². The largest absolute Gasteiger partial charge is 0.487 e. The molecule has 0 saturated carbocycles. The van der Waals surface area contributed by atoms with Gasteiger partial charge < -0.3 is 10.1 Å². The van der Waals surface area contributed by atoms with Crippen LogP contribution in [0.15, 0.2) is 60.7 Å². The number of carbonyl (C=O) groups is 1. The fraction of sp³-hybridized carbons (Fsp3) is 0.211. The molecule has 0 unspecified atom stereocenters. The SMILES string of the molecule is C=C(C)COc1ccccc1NC(=O)Cc1ccccc1C. The quantitative estimate of drug-likeness (QED) is 0.814. The third-order valence-electron chi connectivity index (χ3n) is 3.25. The molecule has 0 aliphatic heterocycles. The van der Waals surface area contributed by atoms with Crippen molar-refractivity contribution in [1.29, 1.82) is 0 Å². The summed E-state index contributed by atoms with van der Waals surface area (Å²) in [5.74, 6) is 0.601. The van der Waals surface area contributed by atoms with Gasteiger partial charge in [-0.2, -0.15) is 0 Å². The van der Waals surface area contributed by atoms with E-state index in [0.29, 0.717) is 24.5 Å². The Bertz CT molecular complexity index is 677. The Morgan fingerprint density at radius 1 is 1.14 bits per heavy atom. The molecule has 2 aromatic rings. The first-order chi connectivity index (χ1) is 10.6. The number of carbonyl (C=O) groups excluding carboxylic acids is 1. The average molecular weight is 295 g/mol. The minimum atomic E-state index is -0.0549. The minimum absolute atomic E-state index is 0.0549. The number of hydrogen-bond acceptors (Lipinski definition) is 2. The highest BCUT2D eigenvalue weighted by Gasteiger charge is 2.09. The zero-order chi connectivity index (χ0) is 15.9. The number of benzene rings is 2. The van der Waals surface area contributed by atoms with Crippen LogP contribution in [0.4, 0.5) is 5.69 Å². The molecule has 0 bridgehead atoms. The van der Waals surface area contributed by atoms with Gasteiger partial charge in [0.05, 0.1) is 12.1 Å². The van der Waals surface area contributed by atoms with Crippen molar-refractivity contribution in [2.24, 2.45) is 0 Å². The molecule has 0 spiro atoms. The zero-order valence-corrected chi connectivity index (χ0v) is 13.1. The summed E-state index contributed by atoms with van der Waals surface area (Å²) >= 11 is 0. The van der Waals surface area contributed by atoms with Crippen LogP contribution in [0.25, 0.3) is 0 Å². The van der Waals surface area contributed by atoms with Crippen LogP contribution in [0.5, 0.6) is 5.75 Å². The first-order valence-electron chi connectivity index (χ1n) is 7.27. The lowest BCUT2D eigenvalue weighted by molar-refractivity contribution is -0.115. The van der Waals surface area contributed by atoms with E-state index in [1.54, 1.807) is 0 Å². The van der Waals surface area contributed by atoms with Crippen molar-refractivity contribution < 1.29 is 9.53 Å². The lowest BCUT2D eigenvalue weighted by Gasteiger charge is -2.13. The zero-order valence-electron chi connectivity index (χ0n) is 13.1. The third-order valence-corrected chi connectivity index (χ3v) is 3.25. The highest BCUT2D eigenvalue weighted by atomic mass is 16.5. The molecule has 0 atom stereocenters. The fourth-order valence-electron chi connectivity index (χ4n) is 2.07. The molecular weight excluding hydrogens is 274 g/mol. The molecular formula is C19H21NO2. The number of nitrogens with one attached hydrogen (secondary N) is 1. The first-order valence-corrected chi connectivity index (χ1v) is 7.27. The molecule has 0 aromatic heterocycles. The maximum Gasteiger partial charge on any atom is 0.228 e. The van der Waals surface area contributed by atoms with Gasteiger partial charge in [0.2, 0.25) is 5.91 Å². The van der Waals surface area contributed by atoms with Gasteiger partial charge in [-0.05, 0) is 42.7 Å². The van der Waals surface area contributed by atoms with Crippen LogP contribution in [0.1, 0.15) is 18.1 Å². The van der Waals surface area contributed by atoms with Crippen LogP contribution in [0.3, 0.4) is 0 Å². The number of hydrogen-bond donors (Lipinski definition) is 1. The van der Waals surface area contributed by atoms with E-state index in [9.17, 15) is 4.79 Å². The smallest absolute Gasteiger partial charge is 0.228 e. The van der Waals surface area contributed by atoms with Gasteiger partial charge in [0.1, 0.15) is 12.4 Å². The molecule has 114 valence electrons. The summed E-state index contributed by atoms with van der Waals surface area (Å²) < 4.78 is 5.66. The summed E-state index contributed by atoms with van der Waals surface area (Å²) in [6.45, 7) is 8.16. The molecule has 2 aromatic carbocycles. The van der Waals surface area contributed by atoms with Gasteiger partial charge in [-0.25, -0.2) is 0 Å². The molecule has 0 heterocycles. The van der Waals surface area contributed by atoms with Crippen molar-refractivity contribution in [2.75, 3.05) is 11.9 Å². The molecule has 1 amide bonds. The van der Waals surface area contributed by atoms with Crippen molar-refractivity contribution >= 4 is 11.6 Å². The van der Waals surface area contributed by atoms with Gasteiger partial charge in [-0.3, -0.25) is 4.79 Å². The van der Waals surface area contributed by atoms with Crippen molar-refractivity contribution in [3.63, 3.8) is 0 Å². The standard InChI is InChI=1S/C19H21NO2/c1-14(2)13-22-18-11-7-6-10-17(18)20-19(21)12-16-9-5-4-8-15(16)3/h4-11H,1,12-13H2,2-3H3,(H,20,21). The van der Waals surface area contributed by atoms with Gasteiger partial charge in [-0.1, -0.05) is 43.0 Å². The molecule has 1 N–H and O–H groups in total. The van der Waals surface area contributed by atoms with Crippen molar-refractivity contribution in [3.05, 3.63) is 71.8 Å². The Morgan fingerprint density at radius 3 is 2.55 bits per heavy atom. The van der Waals surface area contributed by atoms with E-state index in [4.69, 9.17) is 4.74 Å². The van der Waals surface area contributed by atoms with Gasteiger partial charge in [0.15, 0.2) is 0 Å². The van der Waals surface area contributed by atoms with E-state index in [2.05, 4.69) is 11.9 Å². The number of ether oxygens (including phenoxy) is 1. The molecule has 22 heavy (non-hydrogen) atoms. The summed E-state index contributed by atoms with van der Waals surface area (Å²) in [5, 5.41) is 2.92. The van der Waals surface area contributed by atoms with Crippen molar-refractivity contribution in [2.45, 2.75) is 20.3 Å². The lowest BCUT2D eigenvalue weighted by Crippen LogP contribution is -2.16. The second kappa shape index (κ2) is 7.46. The highest BCUT2D eigenvalue weighted by Crippen LogP contribution is 2.24. The van der Waals surface area contributed by atoms with E-state index in [-0.39, 0.29) is 5.91 Å². The second-order valence-corrected chi connectivity index (χ2v) is 5.39. The predicted octanol–water partition coefficient (Wildman–Crippen LogP) is 4.13. The van der Waals surface area contributed by atoms with Gasteiger partial charge >= 0.3 is 0 Å². The second-order valence-electron chi connectivity index (χ2n) is 5.39. The predicted molar refractivity (Wildman–Crippen MR) is 90.3 cm³/mol. The Hall–Kier alpha value is -2.55. The molecule has 0 aliphatic carbocycles. The molecule has 3 heteroatoms. The summed E-state index contributed by atoms with van der Waals surface area (Å²) in [6.07, 6.45) is 0.349. The fourth-order valence-corrected chi connectivity index (χ4v) is 2.07. The Kier molecular flexibility index (Phi) is 5.37. The monoisotopic (exact) mass is 295 g/mol. The highest BCUT2D eigenvalue weighted by molar-refractivity contribution is 5.93. The normalized spacial score (nSPS) is 10.1.